The van der Waals surface area contributed by atoms with Gasteiger partial charge in [-0.05, 0) is 43.2 Å². The molecule has 0 saturated heterocycles. The summed E-state index contributed by atoms with van der Waals surface area (Å²) in [5.41, 5.74) is 3.11. The molecule has 0 unspecified atom stereocenters. The number of hydrogen-bond acceptors (Lipinski definition) is 3. The minimum absolute atomic E-state index is 0.731. The summed E-state index contributed by atoms with van der Waals surface area (Å²) in [5, 5.41) is 1.11. The molecule has 4 aromatic rings. The molecule has 4 heteroatoms. The van der Waals surface area contributed by atoms with E-state index >= 15 is 0 Å². The van der Waals surface area contributed by atoms with Crippen molar-refractivity contribution in [1.29, 1.82) is 0 Å². The molecule has 0 fully saturated rings. The third-order valence-electron chi connectivity index (χ3n) is 4.25. The van der Waals surface area contributed by atoms with Gasteiger partial charge < -0.3 is 14.1 Å². The van der Waals surface area contributed by atoms with Crippen molar-refractivity contribution in [3.05, 3.63) is 77.6 Å². The molecule has 0 amide bonds. The maximum absolute atomic E-state index is 6.03. The maximum atomic E-state index is 6.03. The van der Waals surface area contributed by atoms with Crippen LogP contribution >= 0.6 is 0 Å². The molecule has 0 bridgehead atoms. The normalized spacial score (nSPS) is 11.1. The maximum Gasteiger partial charge on any atom is 0.177 e. The summed E-state index contributed by atoms with van der Waals surface area (Å²) in [6, 6.07) is 13.8. The van der Waals surface area contributed by atoms with E-state index in [1.807, 2.05) is 49.5 Å². The Kier molecular flexibility index (Phi) is 3.58. The molecule has 0 spiro atoms. The van der Waals surface area contributed by atoms with Crippen LogP contribution in [0.2, 0.25) is 0 Å². The Balaban J connectivity index is 1.81. The Hall–Kier alpha value is -3.01. The Labute approximate surface area is 140 Å². The van der Waals surface area contributed by atoms with Gasteiger partial charge in [0, 0.05) is 24.2 Å². The van der Waals surface area contributed by atoms with Crippen LogP contribution in [0, 0.1) is 13.8 Å². The molecule has 2 heterocycles. The number of para-hydroxylation sites is 1. The van der Waals surface area contributed by atoms with E-state index in [4.69, 9.17) is 9.15 Å². The third-order valence-corrected chi connectivity index (χ3v) is 4.25. The molecule has 4 nitrogen and oxygen atoms in total. The van der Waals surface area contributed by atoms with Crippen LogP contribution in [0.3, 0.4) is 0 Å². The van der Waals surface area contributed by atoms with E-state index in [-0.39, 0.29) is 0 Å². The molecule has 0 atom stereocenters. The molecule has 2 aromatic carbocycles. The van der Waals surface area contributed by atoms with Gasteiger partial charge in [-0.1, -0.05) is 24.3 Å². The number of furan rings is 1. The van der Waals surface area contributed by atoms with Gasteiger partial charge in [0.25, 0.3) is 0 Å². The molecule has 0 radical (unpaired) electrons. The zero-order chi connectivity index (χ0) is 16.5. The first kappa shape index (κ1) is 14.6. The Bertz CT molecular complexity index is 970. The topological polar surface area (TPSA) is 51.1 Å². The number of benzene rings is 2. The van der Waals surface area contributed by atoms with Gasteiger partial charge in [0.15, 0.2) is 11.3 Å². The number of rotatable bonds is 4. The predicted octanol–water partition coefficient (Wildman–Crippen LogP) is 5.16. The third kappa shape index (κ3) is 2.56. The first-order chi connectivity index (χ1) is 11.7. The number of aromatic nitrogens is 2. The molecule has 4 rings (SSSR count). The summed E-state index contributed by atoms with van der Waals surface area (Å²) >= 11 is 0. The van der Waals surface area contributed by atoms with Crippen molar-refractivity contribution in [2.75, 3.05) is 0 Å². The average molecular weight is 318 g/mol. The number of nitrogens with zero attached hydrogens (tertiary/aromatic N) is 1. The molecule has 0 aliphatic carbocycles. The highest BCUT2D eigenvalue weighted by Gasteiger charge is 2.17. The van der Waals surface area contributed by atoms with Crippen molar-refractivity contribution in [2.24, 2.45) is 0 Å². The van der Waals surface area contributed by atoms with Crippen LogP contribution in [-0.4, -0.2) is 9.97 Å². The van der Waals surface area contributed by atoms with Gasteiger partial charge in [-0.3, -0.25) is 0 Å². The highest BCUT2D eigenvalue weighted by atomic mass is 16.5. The van der Waals surface area contributed by atoms with E-state index in [9.17, 15) is 0 Å². The van der Waals surface area contributed by atoms with Crippen LogP contribution in [0.4, 0.5) is 0 Å². The van der Waals surface area contributed by atoms with E-state index in [0.29, 0.717) is 0 Å². The van der Waals surface area contributed by atoms with E-state index in [1.165, 1.54) is 5.56 Å². The van der Waals surface area contributed by atoms with Crippen molar-refractivity contribution in [3.8, 4) is 11.5 Å². The second kappa shape index (κ2) is 5.89. The summed E-state index contributed by atoms with van der Waals surface area (Å²) in [7, 11) is 0. The van der Waals surface area contributed by atoms with Gasteiger partial charge in [0.1, 0.15) is 17.3 Å². The number of fused-ring (bicyclic) bond motifs is 1. The highest BCUT2D eigenvalue weighted by Crippen LogP contribution is 2.37. The van der Waals surface area contributed by atoms with Gasteiger partial charge >= 0.3 is 0 Å². The summed E-state index contributed by atoms with van der Waals surface area (Å²) in [6.45, 7) is 4.07. The Morgan fingerprint density at radius 1 is 1.08 bits per heavy atom. The van der Waals surface area contributed by atoms with Gasteiger partial charge in [-0.25, -0.2) is 4.98 Å². The van der Waals surface area contributed by atoms with Gasteiger partial charge in [-0.2, -0.15) is 0 Å². The Morgan fingerprint density at radius 2 is 1.92 bits per heavy atom. The number of imidazole rings is 1. The van der Waals surface area contributed by atoms with Gasteiger partial charge in [-0.15, -0.1) is 0 Å². The summed E-state index contributed by atoms with van der Waals surface area (Å²) < 4.78 is 12.0. The monoisotopic (exact) mass is 318 g/mol. The van der Waals surface area contributed by atoms with E-state index in [2.05, 4.69) is 23.0 Å². The highest BCUT2D eigenvalue weighted by molar-refractivity contribution is 5.90. The van der Waals surface area contributed by atoms with E-state index in [1.54, 1.807) is 6.20 Å². The number of hydrogen-bond donors (Lipinski definition) is 1. The lowest BCUT2D eigenvalue weighted by molar-refractivity contribution is 0.468. The van der Waals surface area contributed by atoms with Crippen LogP contribution in [-0.2, 0) is 6.42 Å². The zero-order valence-corrected chi connectivity index (χ0v) is 13.7. The lowest BCUT2D eigenvalue weighted by Gasteiger charge is -2.09. The fraction of sp³-hybridized carbons (Fsp3) is 0.150. The molecule has 120 valence electrons. The molecule has 2 aromatic heterocycles. The molecule has 0 saturated carbocycles. The van der Waals surface area contributed by atoms with Crippen LogP contribution < -0.4 is 4.74 Å². The number of aryl methyl sites for hydroxylation is 2. The fourth-order valence-electron chi connectivity index (χ4n) is 2.94. The average Bonchev–Trinajstić information content (AvgIpc) is 3.20. The Morgan fingerprint density at radius 3 is 2.67 bits per heavy atom. The van der Waals surface area contributed by atoms with Crippen molar-refractivity contribution in [3.63, 3.8) is 0 Å². The van der Waals surface area contributed by atoms with Crippen LogP contribution in [0.1, 0.15) is 22.7 Å². The smallest absolute Gasteiger partial charge is 0.177 e. The summed E-state index contributed by atoms with van der Waals surface area (Å²) in [5.74, 6) is 3.38. The standard InChI is InChI=1S/C20H18N2O2/c1-13-14(2)23-20-17(24-16-6-4-3-5-7-16)9-8-15(19(13)20)12-18-21-10-11-22-18/h3-11H,12H2,1-2H3,(H,21,22). The largest absolute Gasteiger partial charge is 0.457 e. The van der Waals surface area contributed by atoms with Crippen molar-refractivity contribution < 1.29 is 9.15 Å². The minimum atomic E-state index is 0.731. The number of aromatic amines is 1. The van der Waals surface area contributed by atoms with Gasteiger partial charge in [0.2, 0.25) is 0 Å². The molecule has 24 heavy (non-hydrogen) atoms. The zero-order valence-electron chi connectivity index (χ0n) is 13.7. The lowest BCUT2D eigenvalue weighted by atomic mass is 10.0. The van der Waals surface area contributed by atoms with Crippen LogP contribution in [0.25, 0.3) is 11.0 Å². The quantitative estimate of drug-likeness (QED) is 0.565. The predicted molar refractivity (Wildman–Crippen MR) is 93.6 cm³/mol. The molecule has 1 N–H and O–H groups in total. The molecule has 0 aliphatic heterocycles. The number of ether oxygens (including phenoxy) is 1. The summed E-state index contributed by atoms with van der Waals surface area (Å²) in [4.78, 5) is 7.49. The van der Waals surface area contributed by atoms with E-state index in [0.717, 1.165) is 46.0 Å². The number of H-pyrrole nitrogens is 1. The van der Waals surface area contributed by atoms with Crippen molar-refractivity contribution >= 4 is 11.0 Å². The summed E-state index contributed by atoms with van der Waals surface area (Å²) in [6.07, 6.45) is 4.34. The van der Waals surface area contributed by atoms with Crippen LogP contribution in [0.5, 0.6) is 11.5 Å². The van der Waals surface area contributed by atoms with Crippen molar-refractivity contribution in [2.45, 2.75) is 20.3 Å². The van der Waals surface area contributed by atoms with Gasteiger partial charge in [0.05, 0.1) is 0 Å². The molecule has 0 aliphatic rings. The van der Waals surface area contributed by atoms with Crippen molar-refractivity contribution in [1.82, 2.24) is 9.97 Å². The van der Waals surface area contributed by atoms with E-state index < -0.39 is 0 Å². The second-order valence-corrected chi connectivity index (χ2v) is 5.84. The molecular weight excluding hydrogens is 300 g/mol. The minimum Gasteiger partial charge on any atom is -0.457 e. The fourth-order valence-corrected chi connectivity index (χ4v) is 2.94. The molecular formula is C20H18N2O2. The SMILES string of the molecule is Cc1oc2c(Oc3ccccc3)ccc(Cc3ncc[nH]3)c2c1C. The second-order valence-electron chi connectivity index (χ2n) is 5.84. The first-order valence-corrected chi connectivity index (χ1v) is 7.95. The van der Waals surface area contributed by atoms with Crippen LogP contribution in [0.15, 0.2) is 59.3 Å². The number of nitrogens with one attached hydrogen (secondary N) is 1. The lowest BCUT2D eigenvalue weighted by Crippen LogP contribution is -1.93. The first-order valence-electron chi connectivity index (χ1n) is 7.95.